The van der Waals surface area contributed by atoms with Crippen LogP contribution >= 0.6 is 0 Å². The van der Waals surface area contributed by atoms with Gasteiger partial charge in [-0.25, -0.2) is 0 Å². The van der Waals surface area contributed by atoms with Crippen LogP contribution in [-0.4, -0.2) is 23.1 Å². The van der Waals surface area contributed by atoms with Gasteiger partial charge in [0, 0.05) is 8.07 Å². The van der Waals surface area contributed by atoms with Crippen LogP contribution in [0.5, 0.6) is 0 Å². The summed E-state index contributed by atoms with van der Waals surface area (Å²) in [7, 11) is -4.45. The Morgan fingerprint density at radius 3 is 2.00 bits per heavy atom. The van der Waals surface area contributed by atoms with Gasteiger partial charge in [-0.2, -0.15) is 8.42 Å². The van der Waals surface area contributed by atoms with E-state index < -0.39 is 18.2 Å². The topological polar surface area (TPSA) is 43.4 Å². The van der Waals surface area contributed by atoms with Gasteiger partial charge in [0.2, 0.25) is 0 Å². The molecule has 0 atom stereocenters. The van der Waals surface area contributed by atoms with E-state index in [2.05, 4.69) is 19.6 Å². The molecule has 0 aromatic heterocycles. The summed E-state index contributed by atoms with van der Waals surface area (Å²) in [6.07, 6.45) is 6.90. The van der Waals surface area contributed by atoms with Gasteiger partial charge in [-0.15, -0.1) is 0 Å². The maximum atomic E-state index is 11.9. The van der Waals surface area contributed by atoms with Crippen LogP contribution in [0.2, 0.25) is 25.7 Å². The van der Waals surface area contributed by atoms with Crippen LogP contribution in [0.4, 0.5) is 0 Å². The highest BCUT2D eigenvalue weighted by Gasteiger charge is 2.13. The molecule has 3 nitrogen and oxygen atoms in total. The first kappa shape index (κ1) is 19.4. The van der Waals surface area contributed by atoms with Gasteiger partial charge in [-0.05, 0) is 18.6 Å². The Balaban J connectivity index is 2.06. The van der Waals surface area contributed by atoms with Crippen LogP contribution < -0.4 is 0 Å². The Kier molecular flexibility index (Phi) is 8.36. The molecule has 1 rings (SSSR count). The molecule has 0 amide bonds. The normalized spacial score (nSPS) is 12.5. The molecule has 5 heteroatoms. The van der Waals surface area contributed by atoms with Gasteiger partial charge in [0.15, 0.2) is 0 Å². The predicted molar refractivity (Wildman–Crippen MR) is 95.4 cm³/mol. The molecule has 0 radical (unpaired) electrons. The molecule has 0 spiro atoms. The summed E-state index contributed by atoms with van der Waals surface area (Å²) in [6.45, 7) is 7.53. The zero-order valence-electron chi connectivity index (χ0n) is 14.2. The second-order valence-electron chi connectivity index (χ2n) is 7.02. The lowest BCUT2D eigenvalue weighted by Gasteiger charge is -2.14. The van der Waals surface area contributed by atoms with E-state index in [-0.39, 0.29) is 11.5 Å². The summed E-state index contributed by atoms with van der Waals surface area (Å²) in [6, 6.07) is 9.74. The third-order valence-corrected chi connectivity index (χ3v) is 6.77. The highest BCUT2D eigenvalue weighted by atomic mass is 32.2. The molecule has 0 heterocycles. The van der Waals surface area contributed by atoms with Gasteiger partial charge < -0.3 is 0 Å². The van der Waals surface area contributed by atoms with Crippen LogP contribution in [0.1, 0.15) is 38.5 Å². The molecule has 0 saturated carbocycles. The summed E-state index contributed by atoms with van der Waals surface area (Å²) >= 11 is 0. The minimum absolute atomic E-state index is 0.237. The number of hydrogen-bond donors (Lipinski definition) is 0. The van der Waals surface area contributed by atoms with Crippen molar-refractivity contribution in [1.82, 2.24) is 0 Å². The van der Waals surface area contributed by atoms with Crippen molar-refractivity contribution in [2.24, 2.45) is 0 Å². The average molecular weight is 343 g/mol. The third-order valence-electron chi connectivity index (χ3n) is 3.59. The van der Waals surface area contributed by atoms with Crippen molar-refractivity contribution in [2.75, 3.05) is 6.61 Å². The molecule has 22 heavy (non-hydrogen) atoms. The van der Waals surface area contributed by atoms with Crippen molar-refractivity contribution < 1.29 is 12.6 Å². The first-order chi connectivity index (χ1) is 10.3. The van der Waals surface area contributed by atoms with Crippen molar-refractivity contribution in [2.45, 2.75) is 69.1 Å². The van der Waals surface area contributed by atoms with E-state index in [1.54, 1.807) is 30.3 Å². The van der Waals surface area contributed by atoms with Crippen molar-refractivity contribution in [3.8, 4) is 0 Å². The summed E-state index contributed by atoms with van der Waals surface area (Å²) in [4.78, 5) is 0.237. The van der Waals surface area contributed by atoms with Gasteiger partial charge in [0.25, 0.3) is 10.1 Å². The molecule has 0 N–H and O–H groups in total. The van der Waals surface area contributed by atoms with Gasteiger partial charge in [0.05, 0.1) is 11.5 Å². The Morgan fingerprint density at radius 2 is 1.41 bits per heavy atom. The second kappa shape index (κ2) is 9.48. The molecule has 0 aliphatic carbocycles. The highest BCUT2D eigenvalue weighted by Crippen LogP contribution is 2.16. The maximum Gasteiger partial charge on any atom is 0.296 e. The van der Waals surface area contributed by atoms with E-state index in [0.29, 0.717) is 0 Å². The number of unbranched alkanes of at least 4 members (excludes halogenated alkanes) is 5. The van der Waals surface area contributed by atoms with Crippen LogP contribution in [0.25, 0.3) is 0 Å². The zero-order valence-corrected chi connectivity index (χ0v) is 16.0. The van der Waals surface area contributed by atoms with Crippen LogP contribution in [-0.2, 0) is 14.3 Å². The van der Waals surface area contributed by atoms with Gasteiger partial charge in [-0.1, -0.05) is 76.0 Å². The SMILES string of the molecule is C[Si](C)(C)CCCCCCCCOS(=O)(=O)c1ccccc1. The molecule has 1 aromatic rings. The summed E-state index contributed by atoms with van der Waals surface area (Å²) < 4.78 is 28.8. The third kappa shape index (κ3) is 8.71. The van der Waals surface area contributed by atoms with Crippen molar-refractivity contribution in [3.05, 3.63) is 30.3 Å². The molecule has 0 aliphatic heterocycles. The minimum Gasteiger partial charge on any atom is -0.266 e. The molecule has 126 valence electrons. The Labute approximate surface area is 137 Å². The quantitative estimate of drug-likeness (QED) is 0.320. The maximum absolute atomic E-state index is 11.9. The Morgan fingerprint density at radius 1 is 0.864 bits per heavy atom. The molecule has 0 fully saturated rings. The predicted octanol–water partition coefficient (Wildman–Crippen LogP) is 5.07. The van der Waals surface area contributed by atoms with Crippen molar-refractivity contribution in [3.63, 3.8) is 0 Å². The minimum atomic E-state index is -3.57. The molecular weight excluding hydrogens is 312 g/mol. The van der Waals surface area contributed by atoms with E-state index in [4.69, 9.17) is 4.18 Å². The largest absolute Gasteiger partial charge is 0.296 e. The molecular formula is C17H30O3SSi. The summed E-state index contributed by atoms with van der Waals surface area (Å²) in [5.74, 6) is 0. The first-order valence-corrected chi connectivity index (χ1v) is 13.4. The average Bonchev–Trinajstić information content (AvgIpc) is 2.45. The number of rotatable bonds is 11. The molecule has 0 saturated heterocycles. The number of hydrogen-bond acceptors (Lipinski definition) is 3. The Hall–Kier alpha value is -0.653. The van der Waals surface area contributed by atoms with Crippen LogP contribution in [0.3, 0.4) is 0 Å². The van der Waals surface area contributed by atoms with Gasteiger partial charge in [0.1, 0.15) is 0 Å². The lowest BCUT2D eigenvalue weighted by atomic mass is 10.1. The van der Waals surface area contributed by atoms with E-state index >= 15 is 0 Å². The first-order valence-electron chi connectivity index (χ1n) is 8.26. The van der Waals surface area contributed by atoms with E-state index in [1.807, 2.05) is 0 Å². The fourth-order valence-corrected chi connectivity index (χ4v) is 4.56. The zero-order chi connectivity index (χ0) is 16.5. The Bertz CT molecular complexity index is 506. The smallest absolute Gasteiger partial charge is 0.266 e. The van der Waals surface area contributed by atoms with Crippen molar-refractivity contribution in [1.29, 1.82) is 0 Å². The van der Waals surface area contributed by atoms with Gasteiger partial charge in [-0.3, -0.25) is 4.18 Å². The monoisotopic (exact) mass is 342 g/mol. The fourth-order valence-electron chi connectivity index (χ4n) is 2.29. The summed E-state index contributed by atoms with van der Waals surface area (Å²) in [5.41, 5.74) is 0. The van der Waals surface area contributed by atoms with Crippen LogP contribution in [0.15, 0.2) is 35.2 Å². The molecule has 1 aromatic carbocycles. The van der Waals surface area contributed by atoms with E-state index in [1.165, 1.54) is 31.7 Å². The van der Waals surface area contributed by atoms with E-state index in [0.717, 1.165) is 12.8 Å². The lowest BCUT2D eigenvalue weighted by Crippen LogP contribution is -2.18. The fraction of sp³-hybridized carbons (Fsp3) is 0.647. The molecule has 0 unspecified atom stereocenters. The number of benzene rings is 1. The van der Waals surface area contributed by atoms with Crippen LogP contribution in [0, 0.1) is 0 Å². The van der Waals surface area contributed by atoms with Gasteiger partial charge >= 0.3 is 0 Å². The lowest BCUT2D eigenvalue weighted by molar-refractivity contribution is 0.306. The van der Waals surface area contributed by atoms with E-state index in [9.17, 15) is 8.42 Å². The summed E-state index contributed by atoms with van der Waals surface area (Å²) in [5, 5.41) is 0. The standard InChI is InChI=1S/C17H30O3SSi/c1-22(2,3)16-12-7-5-4-6-11-15-20-21(18,19)17-13-9-8-10-14-17/h8-10,13-14H,4-7,11-12,15-16H2,1-3H3. The molecule has 0 bridgehead atoms. The molecule has 0 aliphatic rings. The second-order valence-corrected chi connectivity index (χ2v) is 14.3. The van der Waals surface area contributed by atoms with Crippen molar-refractivity contribution >= 4 is 18.2 Å². The highest BCUT2D eigenvalue weighted by molar-refractivity contribution is 7.86.